The summed E-state index contributed by atoms with van der Waals surface area (Å²) in [5.74, 6) is -7.43. The molecule has 1 saturated carbocycles. The summed E-state index contributed by atoms with van der Waals surface area (Å²) < 4.78 is 5.18. The number of ether oxygens (including phenoxy) is 1. The topological polar surface area (TPSA) is 168 Å². The van der Waals surface area contributed by atoms with Crippen LogP contribution in [0.3, 0.4) is 0 Å². The maximum absolute atomic E-state index is 14.1. The van der Waals surface area contributed by atoms with Crippen LogP contribution in [0.1, 0.15) is 47.1 Å². The Labute approximate surface area is 249 Å². The van der Waals surface area contributed by atoms with Gasteiger partial charge in [-0.3, -0.25) is 24.5 Å². The number of aromatic hydroxyl groups is 1. The summed E-state index contributed by atoms with van der Waals surface area (Å²) in [5.41, 5.74) is 1.60. The van der Waals surface area contributed by atoms with E-state index in [-0.39, 0.29) is 11.3 Å². The van der Waals surface area contributed by atoms with Gasteiger partial charge in [-0.2, -0.15) is 0 Å². The second kappa shape index (κ2) is 11.8. The summed E-state index contributed by atoms with van der Waals surface area (Å²) in [6.07, 6.45) is -0.517. The number of benzene rings is 3. The molecule has 1 aliphatic carbocycles. The standard InChI is InChI=1S/C32H35N3O8/c1-16-9-7-11-21(18(16)3)33-30(38)27-24(36)15-32(5,40)28(31(39)34-22-12-8-10-17(2)19(22)4)26(27)20-13-23(35(41)42)29(37)25(14-20)43-6/h7-14,26-28,37,40H,15H2,1-6H3,(H,33,38)(H,34,39). The second-order valence-corrected chi connectivity index (χ2v) is 11.3. The van der Waals surface area contributed by atoms with Crippen molar-refractivity contribution in [3.05, 3.63) is 86.5 Å². The van der Waals surface area contributed by atoms with Crippen LogP contribution in [0.25, 0.3) is 0 Å². The van der Waals surface area contributed by atoms with Crippen molar-refractivity contribution in [1.29, 1.82) is 0 Å². The van der Waals surface area contributed by atoms with Gasteiger partial charge in [-0.15, -0.1) is 0 Å². The largest absolute Gasteiger partial charge is 0.500 e. The first-order chi connectivity index (χ1) is 20.2. The lowest BCUT2D eigenvalue weighted by Gasteiger charge is -2.44. The van der Waals surface area contributed by atoms with E-state index in [0.717, 1.165) is 28.3 Å². The molecule has 4 rings (SSSR count). The Morgan fingerprint density at radius 3 is 2.02 bits per heavy atom. The summed E-state index contributed by atoms with van der Waals surface area (Å²) in [6.45, 7) is 8.70. The maximum atomic E-state index is 14.1. The number of rotatable bonds is 7. The van der Waals surface area contributed by atoms with Crippen LogP contribution >= 0.6 is 0 Å². The van der Waals surface area contributed by atoms with Crippen molar-refractivity contribution in [2.75, 3.05) is 17.7 Å². The molecule has 0 bridgehead atoms. The average molecular weight is 590 g/mol. The molecule has 4 unspecified atom stereocenters. The van der Waals surface area contributed by atoms with E-state index in [0.29, 0.717) is 11.4 Å². The third-order valence-corrected chi connectivity index (χ3v) is 8.44. The normalized spacial score (nSPS) is 21.7. The lowest BCUT2D eigenvalue weighted by Crippen LogP contribution is -2.56. The highest BCUT2D eigenvalue weighted by Gasteiger charge is 2.56. The van der Waals surface area contributed by atoms with Crippen molar-refractivity contribution in [3.63, 3.8) is 0 Å². The first kappa shape index (κ1) is 31.2. The highest BCUT2D eigenvalue weighted by Crippen LogP contribution is 2.50. The number of aryl methyl sites for hydroxylation is 2. The van der Waals surface area contributed by atoms with E-state index in [2.05, 4.69) is 10.6 Å². The van der Waals surface area contributed by atoms with E-state index in [9.17, 15) is 34.7 Å². The molecule has 2 amide bonds. The summed E-state index contributed by atoms with van der Waals surface area (Å²) in [5, 5.41) is 39.6. The van der Waals surface area contributed by atoms with E-state index in [1.165, 1.54) is 20.1 Å². The summed E-state index contributed by atoms with van der Waals surface area (Å²) >= 11 is 0. The monoisotopic (exact) mass is 589 g/mol. The van der Waals surface area contributed by atoms with Crippen molar-refractivity contribution in [2.24, 2.45) is 11.8 Å². The van der Waals surface area contributed by atoms with Gasteiger partial charge in [0.25, 0.3) is 0 Å². The number of nitro groups is 1. The van der Waals surface area contributed by atoms with Gasteiger partial charge >= 0.3 is 5.69 Å². The minimum Gasteiger partial charge on any atom is -0.500 e. The number of carbonyl (C=O) groups is 3. The Morgan fingerprint density at radius 1 is 0.977 bits per heavy atom. The third kappa shape index (κ3) is 5.94. The van der Waals surface area contributed by atoms with Crippen LogP contribution in [-0.2, 0) is 14.4 Å². The number of methoxy groups -OCH3 is 1. The number of phenols is 1. The number of nitro benzene ring substituents is 1. The highest BCUT2D eigenvalue weighted by molar-refractivity contribution is 6.10. The fraction of sp³-hybridized carbons (Fsp3) is 0.344. The molecule has 11 nitrogen and oxygen atoms in total. The van der Waals surface area contributed by atoms with E-state index in [4.69, 9.17) is 4.74 Å². The number of carbonyl (C=O) groups excluding carboxylic acids is 3. The molecule has 0 aromatic heterocycles. The van der Waals surface area contributed by atoms with Gasteiger partial charge < -0.3 is 25.6 Å². The Balaban J connectivity index is 1.92. The van der Waals surface area contributed by atoms with Crippen LogP contribution in [0.2, 0.25) is 0 Å². The number of nitrogens with one attached hydrogen (secondary N) is 2. The zero-order valence-corrected chi connectivity index (χ0v) is 24.8. The number of Topliss-reactive ketones (excluding diaryl/α,β-unsaturated/α-hetero) is 1. The molecule has 3 aromatic carbocycles. The summed E-state index contributed by atoms with van der Waals surface area (Å²) in [7, 11) is 1.19. The lowest BCUT2D eigenvalue weighted by atomic mass is 9.61. The fourth-order valence-corrected chi connectivity index (χ4v) is 5.79. The number of hydrogen-bond acceptors (Lipinski definition) is 8. The number of amides is 2. The SMILES string of the molecule is COc1cc(C2C(C(=O)Nc3cccc(C)c3C)C(=O)CC(C)(O)C2C(=O)Nc2cccc(C)c2C)cc([N+](=O)[O-])c1O. The van der Waals surface area contributed by atoms with Gasteiger partial charge in [-0.05, 0) is 80.6 Å². The van der Waals surface area contributed by atoms with E-state index in [1.807, 2.05) is 39.8 Å². The van der Waals surface area contributed by atoms with Crippen molar-refractivity contribution in [2.45, 2.75) is 52.6 Å². The molecule has 0 aliphatic heterocycles. The van der Waals surface area contributed by atoms with E-state index >= 15 is 0 Å². The Kier molecular flexibility index (Phi) is 8.59. The molecule has 0 saturated heterocycles. The fourth-order valence-electron chi connectivity index (χ4n) is 5.79. The van der Waals surface area contributed by atoms with Crippen LogP contribution in [0.5, 0.6) is 11.5 Å². The van der Waals surface area contributed by atoms with Crippen molar-refractivity contribution in [3.8, 4) is 11.5 Å². The van der Waals surface area contributed by atoms with Crippen molar-refractivity contribution < 1.29 is 34.3 Å². The number of phenolic OH excluding ortho intramolecular Hbond substituents is 1. The third-order valence-electron chi connectivity index (χ3n) is 8.44. The molecule has 1 aliphatic rings. The average Bonchev–Trinajstić information content (AvgIpc) is 2.92. The molecular weight excluding hydrogens is 554 g/mol. The van der Waals surface area contributed by atoms with Crippen molar-refractivity contribution >= 4 is 34.7 Å². The summed E-state index contributed by atoms with van der Waals surface area (Å²) in [4.78, 5) is 52.7. The first-order valence-corrected chi connectivity index (χ1v) is 13.7. The smallest absolute Gasteiger partial charge is 0.314 e. The molecule has 4 atom stereocenters. The van der Waals surface area contributed by atoms with Gasteiger partial charge in [0.2, 0.25) is 17.6 Å². The minimum atomic E-state index is -1.94. The Morgan fingerprint density at radius 2 is 1.51 bits per heavy atom. The first-order valence-electron chi connectivity index (χ1n) is 13.7. The number of anilines is 2. The maximum Gasteiger partial charge on any atom is 0.314 e. The van der Waals surface area contributed by atoms with E-state index in [1.54, 1.807) is 24.3 Å². The van der Waals surface area contributed by atoms with Gasteiger partial charge in [0, 0.05) is 29.8 Å². The zero-order valence-electron chi connectivity index (χ0n) is 24.8. The van der Waals surface area contributed by atoms with Crippen LogP contribution < -0.4 is 15.4 Å². The molecule has 43 heavy (non-hydrogen) atoms. The molecule has 226 valence electrons. The van der Waals surface area contributed by atoms with Crippen LogP contribution in [0, 0.1) is 49.6 Å². The van der Waals surface area contributed by atoms with E-state index < -0.39 is 63.7 Å². The molecule has 4 N–H and O–H groups in total. The van der Waals surface area contributed by atoms with Crippen LogP contribution in [0.4, 0.5) is 17.1 Å². The van der Waals surface area contributed by atoms with Gasteiger partial charge in [-0.1, -0.05) is 24.3 Å². The lowest BCUT2D eigenvalue weighted by molar-refractivity contribution is -0.386. The number of hydrogen-bond donors (Lipinski definition) is 4. The molecule has 0 heterocycles. The molecule has 11 heteroatoms. The van der Waals surface area contributed by atoms with Gasteiger partial charge in [0.1, 0.15) is 11.7 Å². The number of ketones is 1. The molecule has 3 aromatic rings. The van der Waals surface area contributed by atoms with Gasteiger partial charge in [-0.25, -0.2) is 0 Å². The summed E-state index contributed by atoms with van der Waals surface area (Å²) in [6, 6.07) is 12.9. The second-order valence-electron chi connectivity index (χ2n) is 11.3. The van der Waals surface area contributed by atoms with Gasteiger partial charge in [0.05, 0.1) is 23.6 Å². The van der Waals surface area contributed by atoms with Crippen molar-refractivity contribution in [1.82, 2.24) is 0 Å². The predicted molar refractivity (Wildman–Crippen MR) is 160 cm³/mol. The van der Waals surface area contributed by atoms with Gasteiger partial charge in [0.15, 0.2) is 5.75 Å². The highest BCUT2D eigenvalue weighted by atomic mass is 16.6. The van der Waals surface area contributed by atoms with Crippen LogP contribution in [0.15, 0.2) is 48.5 Å². The number of nitrogens with zero attached hydrogens (tertiary/aromatic N) is 1. The molecular formula is C32H35N3O8. The molecule has 0 spiro atoms. The Bertz CT molecular complexity index is 1630. The molecule has 0 radical (unpaired) electrons. The Hall–Kier alpha value is -4.77. The number of aliphatic hydroxyl groups is 1. The molecule has 1 fully saturated rings. The minimum absolute atomic E-state index is 0.00287. The van der Waals surface area contributed by atoms with Crippen LogP contribution in [-0.4, -0.2) is 45.4 Å². The predicted octanol–water partition coefficient (Wildman–Crippen LogP) is 4.86. The zero-order chi connectivity index (χ0) is 31.8. The quantitative estimate of drug-likeness (QED) is 0.172.